The van der Waals surface area contributed by atoms with Gasteiger partial charge >= 0.3 is 118 Å². The third-order valence-corrected chi connectivity index (χ3v) is 14.0. The molecule has 0 fully saturated rings. The van der Waals surface area contributed by atoms with E-state index in [1.807, 2.05) is 6.07 Å². The monoisotopic (exact) mass is 1080 g/mol. The molecule has 0 heterocycles. The number of phenols is 2. The van der Waals surface area contributed by atoms with Crippen molar-refractivity contribution < 1.29 is 180 Å². The molecule has 8 aromatic rings. The zero-order valence-corrected chi connectivity index (χ0v) is 49.9. The van der Waals surface area contributed by atoms with Crippen LogP contribution in [-0.4, -0.2) is 62.1 Å². The molecule has 0 saturated heterocycles. The predicted molar refractivity (Wildman–Crippen MR) is 241 cm³/mol. The Morgan fingerprint density at radius 1 is 0.375 bits per heavy atom. The van der Waals surface area contributed by atoms with Crippen molar-refractivity contribution in [3.8, 4) is 22.6 Å². The van der Waals surface area contributed by atoms with Crippen LogP contribution in [0.3, 0.4) is 0 Å². The number of benzene rings is 8. The number of nitrogens with zero attached hydrogens (tertiary/aromatic N) is 6. The van der Waals surface area contributed by atoms with Crippen LogP contribution < -0.4 is 118 Å². The molecule has 0 aliphatic rings. The van der Waals surface area contributed by atoms with Gasteiger partial charge in [-0.05, 0) is 108 Å². The molecule has 0 unspecified atom stereocenters. The molecule has 0 bridgehead atoms. The Labute approximate surface area is 500 Å². The van der Waals surface area contributed by atoms with Gasteiger partial charge in [-0.1, -0.05) is 60.7 Å². The van der Waals surface area contributed by atoms with Gasteiger partial charge < -0.3 is 28.4 Å². The molecule has 0 aliphatic carbocycles. The summed E-state index contributed by atoms with van der Waals surface area (Å²) in [6, 6.07) is 28.1. The topological polar surface area (TPSA) is 343 Å². The van der Waals surface area contributed by atoms with Crippen molar-refractivity contribution in [1.29, 1.82) is 0 Å². The van der Waals surface area contributed by atoms with E-state index in [0.717, 1.165) is 42.0 Å². The summed E-state index contributed by atoms with van der Waals surface area (Å²) in [5.74, 6) is -2.10. The molecule has 0 atom stereocenters. The van der Waals surface area contributed by atoms with Crippen LogP contribution in [0.2, 0.25) is 0 Å². The Hall–Kier alpha value is -3.42. The molecular weight excluding hydrogens is 1060 g/mol. The van der Waals surface area contributed by atoms with E-state index in [0.29, 0.717) is 38.8 Å². The minimum Gasteiger partial charge on any atom is -0.744 e. The quantitative estimate of drug-likeness (QED) is 0.0784. The number of hydrogen-bond acceptors (Lipinski definition) is 20. The summed E-state index contributed by atoms with van der Waals surface area (Å²) in [5.41, 5.74) is 2.10. The molecule has 0 radical (unpaired) electrons. The van der Waals surface area contributed by atoms with Gasteiger partial charge in [0.05, 0.1) is 42.3 Å². The van der Waals surface area contributed by atoms with Gasteiger partial charge in [0.25, 0.3) is 0 Å². The summed E-state index contributed by atoms with van der Waals surface area (Å²) in [7, 11) is -20.9. The SMILES string of the molecule is Cc1cc(-c2ccc(N=Nc3ccc(N=Nc4c(S(=O)(=O)[O-])cc5cccc(S(=O)(=O)[O-])c5c4O)c4ccccc34)c(C)c2)ccc1N=Nc1c(S(=O)(=O)[O-])cc2cccc(S(=O)(=O)[O-])c2c1O.[Na+].[Na+].[Na+].[Na+]. The molecule has 0 saturated carbocycles. The molecule has 8 rings (SSSR count). The van der Waals surface area contributed by atoms with Gasteiger partial charge in [-0.2, -0.15) is 10.2 Å². The van der Waals surface area contributed by atoms with Crippen LogP contribution in [0.5, 0.6) is 11.5 Å². The van der Waals surface area contributed by atoms with Crippen molar-refractivity contribution in [3.05, 3.63) is 132 Å². The van der Waals surface area contributed by atoms with Crippen molar-refractivity contribution in [1.82, 2.24) is 0 Å². The summed E-state index contributed by atoms with van der Waals surface area (Å²) >= 11 is 0. The second-order valence-electron chi connectivity index (χ2n) is 14.9. The van der Waals surface area contributed by atoms with Crippen molar-refractivity contribution in [2.75, 3.05) is 0 Å². The summed E-state index contributed by atoms with van der Waals surface area (Å²) in [6.45, 7) is 3.46. The van der Waals surface area contributed by atoms with E-state index in [2.05, 4.69) is 30.7 Å². The number of rotatable bonds is 11. The van der Waals surface area contributed by atoms with E-state index < -0.39 is 93.7 Å². The largest absolute Gasteiger partial charge is 1.00 e. The zero-order valence-electron chi connectivity index (χ0n) is 38.7. The first-order valence-electron chi connectivity index (χ1n) is 19.3. The molecule has 20 nitrogen and oxygen atoms in total. The molecule has 8 aromatic carbocycles. The van der Waals surface area contributed by atoms with E-state index in [-0.39, 0.29) is 140 Å². The normalized spacial score (nSPS) is 12.2. The molecule has 346 valence electrons. The minimum atomic E-state index is -5.31. The maximum atomic E-state index is 12.3. The summed E-state index contributed by atoms with van der Waals surface area (Å²) in [5, 5.41) is 46.3. The Bertz CT molecular complexity index is 4050. The Morgan fingerprint density at radius 3 is 1.04 bits per heavy atom. The van der Waals surface area contributed by atoms with Crippen LogP contribution >= 0.6 is 0 Å². The van der Waals surface area contributed by atoms with E-state index in [4.69, 9.17) is 0 Å². The molecule has 28 heteroatoms. The number of phenolic OH excluding ortho intramolecular Hbond substituents is 2. The van der Waals surface area contributed by atoms with Gasteiger partial charge in [0.2, 0.25) is 0 Å². The first-order valence-corrected chi connectivity index (χ1v) is 24.9. The van der Waals surface area contributed by atoms with Crippen molar-refractivity contribution in [2.45, 2.75) is 33.4 Å². The van der Waals surface area contributed by atoms with Gasteiger partial charge in [-0.25, -0.2) is 33.7 Å². The van der Waals surface area contributed by atoms with Gasteiger partial charge in [0, 0.05) is 21.5 Å². The Kier molecular flexibility index (Phi) is 20.1. The fraction of sp³-hybridized carbons (Fsp3) is 0.0455. The first-order chi connectivity index (χ1) is 31.9. The summed E-state index contributed by atoms with van der Waals surface area (Å²) < 4.78 is 145. The number of aryl methyl sites for hydroxylation is 2. The summed E-state index contributed by atoms with van der Waals surface area (Å²) in [6.07, 6.45) is 0. The van der Waals surface area contributed by atoms with Crippen LogP contribution in [0.4, 0.5) is 34.1 Å². The van der Waals surface area contributed by atoms with Gasteiger partial charge in [-0.15, -0.1) is 20.5 Å². The fourth-order valence-electron chi connectivity index (χ4n) is 7.38. The average molecular weight is 1080 g/mol. The summed E-state index contributed by atoms with van der Waals surface area (Å²) in [4.78, 5) is -3.71. The number of hydrogen-bond donors (Lipinski definition) is 2. The smallest absolute Gasteiger partial charge is 0.744 e. The van der Waals surface area contributed by atoms with Crippen LogP contribution in [-0.2, 0) is 40.5 Å². The van der Waals surface area contributed by atoms with Crippen LogP contribution in [0.25, 0.3) is 43.4 Å². The predicted octanol–water partition coefficient (Wildman–Crippen LogP) is -2.28. The molecule has 0 amide bonds. The fourth-order valence-corrected chi connectivity index (χ4v) is 10.1. The molecular formula is C44H28N6Na4O14S4. The third-order valence-electron chi connectivity index (χ3n) is 10.5. The van der Waals surface area contributed by atoms with Crippen LogP contribution in [0.1, 0.15) is 11.1 Å². The van der Waals surface area contributed by atoms with Crippen molar-refractivity contribution in [2.24, 2.45) is 30.7 Å². The first kappa shape index (κ1) is 61.1. The van der Waals surface area contributed by atoms with Crippen molar-refractivity contribution in [3.63, 3.8) is 0 Å². The Balaban J connectivity index is 0.00000281. The molecule has 0 aromatic heterocycles. The minimum absolute atomic E-state index is 0. The van der Waals surface area contributed by atoms with Crippen LogP contribution in [0, 0.1) is 13.8 Å². The molecule has 2 N–H and O–H groups in total. The standard InChI is InChI=1S/C44H32N6O14S4.4Na/c1-23-19-25(26-14-16-32(24(2)20-26)46-49-41-37(67(59,60)61)21-27-7-5-11-35(65(53,54)55)39(27)43(41)51)13-15-31(23)45-47-33-17-18-34(30-10-4-3-9-29(30)33)48-50-42-38(68(62,63)64)22-28-8-6-12-36(66(56,57)58)40(28)44(42)52;;;;/h3-22,51-52H,1-2H3,(H,53,54,55)(H,56,57,58)(H,59,60,61)(H,62,63,64);;;;/q;4*+1/p-4. The van der Waals surface area contributed by atoms with Crippen molar-refractivity contribution >= 4 is 107 Å². The van der Waals surface area contributed by atoms with E-state index in [1.54, 1.807) is 62.4 Å². The van der Waals surface area contributed by atoms with Gasteiger partial charge in [-0.3, -0.25) is 0 Å². The maximum Gasteiger partial charge on any atom is 1.00 e. The second kappa shape index (κ2) is 23.6. The van der Waals surface area contributed by atoms with Gasteiger partial charge in [0.1, 0.15) is 51.8 Å². The molecule has 0 spiro atoms. The zero-order chi connectivity index (χ0) is 49.1. The van der Waals surface area contributed by atoms with E-state index in [9.17, 15) is 62.1 Å². The second-order valence-corrected chi connectivity index (χ2v) is 20.3. The van der Waals surface area contributed by atoms with Gasteiger partial charge in [0.15, 0.2) is 11.5 Å². The van der Waals surface area contributed by atoms with E-state index in [1.165, 1.54) is 30.3 Å². The average Bonchev–Trinajstić information content (AvgIpc) is 3.26. The molecule has 0 aliphatic heterocycles. The number of aromatic hydroxyl groups is 2. The number of azo groups is 3. The third kappa shape index (κ3) is 12.8. The maximum absolute atomic E-state index is 12.3. The van der Waals surface area contributed by atoms with E-state index >= 15 is 0 Å². The van der Waals surface area contributed by atoms with Crippen LogP contribution in [0.15, 0.2) is 172 Å². The Morgan fingerprint density at radius 2 is 0.694 bits per heavy atom. The molecule has 72 heavy (non-hydrogen) atoms. The number of fused-ring (bicyclic) bond motifs is 3.